The molecule has 3 rings (SSSR count). The second kappa shape index (κ2) is 6.31. The molecule has 22 heavy (non-hydrogen) atoms. The summed E-state index contributed by atoms with van der Waals surface area (Å²) in [5, 5.41) is 8.25. The lowest BCUT2D eigenvalue weighted by Gasteiger charge is -2.37. The van der Waals surface area contributed by atoms with Gasteiger partial charge in [-0.1, -0.05) is 45.9 Å². The Morgan fingerprint density at radius 3 is 2.27 bits per heavy atom. The number of carboxylic acid groups (broad SMARTS) is 1. The zero-order chi connectivity index (χ0) is 16.4. The van der Waals surface area contributed by atoms with Crippen LogP contribution in [-0.2, 0) is 4.79 Å². The molecule has 0 aliphatic heterocycles. The Labute approximate surface area is 133 Å². The number of hydrogen-bond donors (Lipinski definition) is 1. The van der Waals surface area contributed by atoms with Gasteiger partial charge in [-0.25, -0.2) is 4.79 Å². The second-order valence-electron chi connectivity index (χ2n) is 7.51. The molecule has 2 aliphatic rings. The molecule has 0 amide bonds. The summed E-state index contributed by atoms with van der Waals surface area (Å²) in [6.07, 6.45) is 4.46. The number of rotatable bonds is 3. The third-order valence-corrected chi connectivity index (χ3v) is 6.34. The molecule has 0 radical (unpaired) electrons. The second-order valence-corrected chi connectivity index (χ2v) is 7.51. The van der Waals surface area contributed by atoms with Crippen molar-refractivity contribution in [2.24, 2.45) is 22.7 Å². The molecule has 2 aliphatic carbocycles. The summed E-state index contributed by atoms with van der Waals surface area (Å²) in [4.78, 5) is 10.0. The van der Waals surface area contributed by atoms with Crippen LogP contribution in [0.4, 0.5) is 0 Å². The molecule has 1 N–H and O–H groups in total. The van der Waals surface area contributed by atoms with E-state index in [4.69, 9.17) is 9.84 Å². The highest BCUT2D eigenvalue weighted by Crippen LogP contribution is 2.67. The van der Waals surface area contributed by atoms with Crippen molar-refractivity contribution in [2.75, 3.05) is 6.61 Å². The van der Waals surface area contributed by atoms with Gasteiger partial charge in [-0.2, -0.15) is 0 Å². The summed E-state index contributed by atoms with van der Waals surface area (Å²) in [5.41, 5.74) is 1.30. The number of hydrogen-bond acceptors (Lipinski definition) is 2. The van der Waals surface area contributed by atoms with Crippen LogP contribution in [0.5, 0.6) is 5.75 Å². The average Bonchev–Trinajstić information content (AvgIpc) is 2.80. The predicted molar refractivity (Wildman–Crippen MR) is 88.0 cm³/mol. The van der Waals surface area contributed by atoms with E-state index in [9.17, 15) is 4.79 Å². The molecule has 3 unspecified atom stereocenters. The predicted octanol–water partition coefficient (Wildman–Crippen LogP) is 4.62. The van der Waals surface area contributed by atoms with Crippen LogP contribution in [0.1, 0.15) is 47.0 Å². The van der Waals surface area contributed by atoms with Gasteiger partial charge >= 0.3 is 5.97 Å². The molecule has 3 heteroatoms. The molecule has 0 heterocycles. The van der Waals surface area contributed by atoms with E-state index in [1.165, 1.54) is 19.3 Å². The maximum atomic E-state index is 10.0. The minimum atomic E-state index is -0.964. The van der Waals surface area contributed by atoms with E-state index in [0.717, 1.165) is 11.8 Å². The van der Waals surface area contributed by atoms with E-state index >= 15 is 0 Å². The van der Waals surface area contributed by atoms with Crippen LogP contribution < -0.4 is 4.74 Å². The highest BCUT2D eigenvalue weighted by molar-refractivity contribution is 5.68. The molecular weight excluding hydrogens is 276 g/mol. The Hall–Kier alpha value is -1.51. The Morgan fingerprint density at radius 2 is 1.91 bits per heavy atom. The number of aliphatic carboxylic acids is 1. The van der Waals surface area contributed by atoms with Crippen molar-refractivity contribution in [3.05, 3.63) is 30.3 Å². The van der Waals surface area contributed by atoms with E-state index in [0.29, 0.717) is 16.6 Å². The Bertz CT molecular complexity index is 509. The quantitative estimate of drug-likeness (QED) is 0.886. The largest absolute Gasteiger partial charge is 0.482 e. The molecule has 2 bridgehead atoms. The van der Waals surface area contributed by atoms with E-state index in [2.05, 4.69) is 27.7 Å². The molecule has 2 fully saturated rings. The summed E-state index contributed by atoms with van der Waals surface area (Å²) in [5.74, 6) is 1.61. The van der Waals surface area contributed by atoms with Crippen molar-refractivity contribution in [3.63, 3.8) is 0 Å². The molecule has 0 saturated heterocycles. The summed E-state index contributed by atoms with van der Waals surface area (Å²) >= 11 is 0. The number of benzene rings is 1. The van der Waals surface area contributed by atoms with Crippen LogP contribution in [0.3, 0.4) is 0 Å². The minimum Gasteiger partial charge on any atom is -0.482 e. The van der Waals surface area contributed by atoms with Crippen LogP contribution in [0, 0.1) is 22.7 Å². The highest BCUT2D eigenvalue weighted by Gasteiger charge is 2.59. The van der Waals surface area contributed by atoms with Crippen LogP contribution in [0.25, 0.3) is 0 Å². The smallest absolute Gasteiger partial charge is 0.341 e. The third kappa shape index (κ3) is 3.13. The van der Waals surface area contributed by atoms with Crippen molar-refractivity contribution in [1.29, 1.82) is 0 Å². The fraction of sp³-hybridized carbons (Fsp3) is 0.632. The first kappa shape index (κ1) is 16.9. The van der Waals surface area contributed by atoms with Crippen LogP contribution in [0.15, 0.2) is 30.3 Å². The van der Waals surface area contributed by atoms with Crippen LogP contribution >= 0.6 is 0 Å². The number of ether oxygens (including phenoxy) is 1. The van der Waals surface area contributed by atoms with Gasteiger partial charge in [0.2, 0.25) is 0 Å². The van der Waals surface area contributed by atoms with Crippen molar-refractivity contribution in [3.8, 4) is 5.75 Å². The molecule has 0 aromatic heterocycles. The molecule has 3 nitrogen and oxygen atoms in total. The normalized spacial score (nSPS) is 31.3. The lowest BCUT2D eigenvalue weighted by molar-refractivity contribution is -0.139. The Kier molecular flexibility index (Phi) is 4.84. The lowest BCUT2D eigenvalue weighted by atomic mass is 9.67. The first-order chi connectivity index (χ1) is 10.3. The van der Waals surface area contributed by atoms with Gasteiger partial charge in [0.15, 0.2) is 6.61 Å². The molecule has 1 aromatic rings. The van der Waals surface area contributed by atoms with Crippen LogP contribution in [-0.4, -0.2) is 17.7 Å². The maximum Gasteiger partial charge on any atom is 0.341 e. The fourth-order valence-electron chi connectivity index (χ4n) is 4.27. The van der Waals surface area contributed by atoms with Gasteiger partial charge in [0.05, 0.1) is 0 Å². The molecule has 0 spiro atoms. The Balaban J connectivity index is 0.000000160. The fourth-order valence-corrected chi connectivity index (χ4v) is 4.27. The monoisotopic (exact) mass is 304 g/mol. The standard InChI is InChI=1S/C11H20.C8H8O3/c1-8-7-9-5-6-11(8,4)10(9,2)3;9-8(10)6-11-7-4-2-1-3-5-7/h8-9H,5-7H2,1-4H3;1-5H,6H2,(H,9,10). The molecular formula is C19H28O3. The summed E-state index contributed by atoms with van der Waals surface area (Å²) in [6, 6.07) is 8.84. The van der Waals surface area contributed by atoms with E-state index in [-0.39, 0.29) is 6.61 Å². The SMILES string of the molecule is CC1CC2CCC1(C)C2(C)C.O=C(O)COc1ccccc1. The third-order valence-electron chi connectivity index (χ3n) is 6.34. The van der Waals surface area contributed by atoms with Gasteiger partial charge < -0.3 is 9.84 Å². The van der Waals surface area contributed by atoms with E-state index in [1.807, 2.05) is 6.07 Å². The maximum absolute atomic E-state index is 10.0. The van der Waals surface area contributed by atoms with Gasteiger partial charge in [0, 0.05) is 0 Å². The van der Waals surface area contributed by atoms with Crippen molar-refractivity contribution in [2.45, 2.75) is 47.0 Å². The minimum absolute atomic E-state index is 0.288. The van der Waals surface area contributed by atoms with Crippen molar-refractivity contribution >= 4 is 5.97 Å². The molecule has 2 saturated carbocycles. The zero-order valence-corrected chi connectivity index (χ0v) is 14.1. The number of carbonyl (C=O) groups is 1. The van der Waals surface area contributed by atoms with E-state index < -0.39 is 5.97 Å². The van der Waals surface area contributed by atoms with Crippen molar-refractivity contribution < 1.29 is 14.6 Å². The zero-order valence-electron chi connectivity index (χ0n) is 14.1. The van der Waals surface area contributed by atoms with Gasteiger partial charge in [0.1, 0.15) is 5.75 Å². The van der Waals surface area contributed by atoms with Gasteiger partial charge in [-0.05, 0) is 54.1 Å². The van der Waals surface area contributed by atoms with Crippen LogP contribution in [0.2, 0.25) is 0 Å². The molecule has 1 aromatic carbocycles. The number of fused-ring (bicyclic) bond motifs is 2. The summed E-state index contributed by atoms with van der Waals surface area (Å²) < 4.78 is 4.87. The van der Waals surface area contributed by atoms with Gasteiger partial charge in [-0.3, -0.25) is 0 Å². The van der Waals surface area contributed by atoms with Gasteiger partial charge in [0.25, 0.3) is 0 Å². The average molecular weight is 304 g/mol. The van der Waals surface area contributed by atoms with Crippen molar-refractivity contribution in [1.82, 2.24) is 0 Å². The first-order valence-corrected chi connectivity index (χ1v) is 8.17. The topological polar surface area (TPSA) is 46.5 Å². The lowest BCUT2D eigenvalue weighted by Crippen LogP contribution is -2.30. The Morgan fingerprint density at radius 1 is 1.27 bits per heavy atom. The highest BCUT2D eigenvalue weighted by atomic mass is 16.5. The summed E-state index contributed by atoms with van der Waals surface area (Å²) in [6.45, 7) is 9.62. The first-order valence-electron chi connectivity index (χ1n) is 8.17. The summed E-state index contributed by atoms with van der Waals surface area (Å²) in [7, 11) is 0. The molecule has 122 valence electrons. The molecule has 3 atom stereocenters. The van der Waals surface area contributed by atoms with E-state index in [1.54, 1.807) is 24.3 Å². The number of carboxylic acids is 1. The number of para-hydroxylation sites is 1. The van der Waals surface area contributed by atoms with Gasteiger partial charge in [-0.15, -0.1) is 0 Å².